The van der Waals surface area contributed by atoms with Crippen LogP contribution in [-0.4, -0.2) is 80.5 Å². The topological polar surface area (TPSA) is 303 Å². The van der Waals surface area contributed by atoms with Crippen molar-refractivity contribution in [1.82, 2.24) is 26.3 Å². The van der Waals surface area contributed by atoms with Gasteiger partial charge in [-0.1, -0.05) is 30.7 Å². The quantitative estimate of drug-likeness (QED) is 0.0157. The molecule has 0 unspecified atom stereocenters. The third-order valence-electron chi connectivity index (χ3n) is 26.7. The first kappa shape index (κ1) is 109. The summed E-state index contributed by atoms with van der Waals surface area (Å²) in [6.07, 6.45) is 29.7. The predicted octanol–water partition coefficient (Wildman–Crippen LogP) is 29.3. The minimum absolute atomic E-state index is 0.168. The number of carbonyl (C=O) groups is 8. The van der Waals surface area contributed by atoms with Gasteiger partial charge in [0.15, 0.2) is 11.6 Å². The number of hydrogen-bond acceptors (Lipinski definition) is 22. The second-order valence-electron chi connectivity index (χ2n) is 42.3. The van der Waals surface area contributed by atoms with Gasteiger partial charge in [0.1, 0.15) is 58.9 Å². The molecule has 0 aliphatic heterocycles. The number of phenols is 1. The lowest BCUT2D eigenvalue weighted by Gasteiger charge is -2.21. The fourth-order valence-corrected chi connectivity index (χ4v) is 30.9. The van der Waals surface area contributed by atoms with Crippen molar-refractivity contribution < 1.29 is 88.8 Å². The summed E-state index contributed by atoms with van der Waals surface area (Å²) in [6, 6.07) is 11.3. The third kappa shape index (κ3) is 26.9. The Morgan fingerprint density at radius 3 is 0.946 bits per heavy atom. The molecule has 0 spiro atoms. The van der Waals surface area contributed by atoms with Gasteiger partial charge in [0.25, 0.3) is 0 Å². The van der Waals surface area contributed by atoms with Gasteiger partial charge in [-0.15, -0.1) is 90.7 Å². The van der Waals surface area contributed by atoms with Crippen molar-refractivity contribution in [3.63, 3.8) is 0 Å². The molecule has 22 nitrogen and oxygen atoms in total. The number of benzene rings is 2. The van der Waals surface area contributed by atoms with Gasteiger partial charge in [0.05, 0.1) is 28.5 Å². The molecule has 0 saturated heterocycles. The number of pyridine rings is 1. The van der Waals surface area contributed by atoms with Crippen LogP contribution in [0, 0.1) is 17.5 Å². The zero-order chi connectivity index (χ0) is 105. The highest BCUT2D eigenvalue weighted by Gasteiger charge is 2.41. The van der Waals surface area contributed by atoms with E-state index in [9.17, 15) is 69.8 Å². The molecule has 9 aromatic heterocycles. The van der Waals surface area contributed by atoms with Gasteiger partial charge in [-0.2, -0.15) is 13.2 Å². The molecule has 0 radical (unpaired) electrons. The van der Waals surface area contributed by atoms with Crippen LogP contribution in [-0.2, 0) is 154 Å². The largest absolute Gasteiger partial charge is 0.507 e. The lowest BCUT2D eigenvalue weighted by atomic mass is 9.93. The third-order valence-corrected chi connectivity index (χ3v) is 37.0. The number of alkyl halides is 3. The molecule has 9 heterocycles. The number of nitrogens with zero attached hydrogens (tertiary/aromatic N) is 1. The summed E-state index contributed by atoms with van der Waals surface area (Å²) in [5, 5.41) is 35.6. The summed E-state index contributed by atoms with van der Waals surface area (Å²) < 4.78 is 106. The van der Waals surface area contributed by atoms with Crippen molar-refractivity contribution in [3.05, 3.63) is 211 Å². The van der Waals surface area contributed by atoms with Gasteiger partial charge in [0.2, 0.25) is 0 Å². The van der Waals surface area contributed by atoms with Crippen LogP contribution >= 0.6 is 90.7 Å². The number of para-hydroxylation sites is 1. The summed E-state index contributed by atoms with van der Waals surface area (Å²) in [5.41, 5.74) is 12.4. The number of fused-ring (bicyclic) bond motifs is 8. The predicted molar refractivity (Wildman–Crippen MR) is 577 cm³/mol. The van der Waals surface area contributed by atoms with Crippen LogP contribution in [0.15, 0.2) is 60.9 Å². The smallest absolute Gasteiger partial charge is 0.425 e. The summed E-state index contributed by atoms with van der Waals surface area (Å²) in [6.45, 7) is 22.6. The Bertz CT molecular complexity index is 6760. The van der Waals surface area contributed by atoms with Crippen molar-refractivity contribution >= 4 is 159 Å². The van der Waals surface area contributed by atoms with Crippen molar-refractivity contribution in [1.29, 1.82) is 0 Å². The molecule has 0 bridgehead atoms. The second kappa shape index (κ2) is 47.0. The number of ether oxygens (including phenoxy) is 4. The van der Waals surface area contributed by atoms with Crippen molar-refractivity contribution in [2.75, 3.05) is 21.3 Å². The average molecular weight is 2170 g/mol. The molecule has 8 amide bonds. The highest BCUT2D eigenvalue weighted by molar-refractivity contribution is 7.19. The Kier molecular flexibility index (Phi) is 34.9. The first-order valence-corrected chi connectivity index (χ1v) is 57.6. The Morgan fingerprint density at radius 2 is 0.605 bits per heavy atom. The zero-order valence-corrected chi connectivity index (χ0v) is 91.8. The number of esters is 4. The fourth-order valence-electron chi connectivity index (χ4n) is 20.3. The molecular weight excluding hydrogens is 2040 g/mol. The van der Waals surface area contributed by atoms with Gasteiger partial charge in [-0.25, -0.2) is 51.5 Å². The molecule has 11 aromatic rings. The molecule has 2 aromatic carbocycles. The molecule has 8 aliphatic carbocycles. The number of aromatic nitrogens is 1. The van der Waals surface area contributed by atoms with Crippen LogP contribution < -0.4 is 42.5 Å². The Balaban J connectivity index is 0.000000140. The standard InChI is InChI=1S/C29H32F2N2O3S2.C29H34N2O4S2.C28H32FN3O3S2.C25H31F3N2O3S2/c1-29(2,3)36-27(34)23-17-10-5-7-14-22(17)38-26(23)33-28(35)32-15-19-16-9-4-6-13-21(16)37-25(19)18-11-8-12-20(30)24(18)31;1-29(2,3)35-27(33)24-19-12-6-9-15-23(19)37-26(24)31-28(34)30-16-20-17-10-5-8-14-22(17)36-25(20)18-11-4-7-13-21(18)32;1-28(2,3)35-26(33)23-19-9-5-7-11-22(19)37-25(23)32-27(34)31-15-20-18-8-4-6-10-21(18)36-24(20)16-12-17(29)14-30-13-16;1-24(2,3)33-22(31)19-15-10-5-4-6-11-18(15)35-21(19)30-23(32)29-13-16-14-9-7-8-12-17(14)34-20(16)25(26,27)28/h8,11-12H,4-7,9-10,13-15H2,1-3H3,(H2,32,33,35);4,7,11,13,32H,5-6,8-10,12,14-16H2,1-3H3,(H2,30,31,34);12-14H,4-11,15H2,1-3H3,(H2,31,32,34);4-13H2,1-3H3,(H2,29,30,32). The summed E-state index contributed by atoms with van der Waals surface area (Å²) in [5.74, 6) is -3.58. The van der Waals surface area contributed by atoms with E-state index in [0.29, 0.717) is 73.1 Å². The number of halogens is 6. The van der Waals surface area contributed by atoms with Gasteiger partial charge in [0, 0.05) is 103 Å². The number of urea groups is 4. The van der Waals surface area contributed by atoms with Gasteiger partial charge < -0.3 is 45.3 Å². The van der Waals surface area contributed by atoms with E-state index in [-0.39, 0.29) is 53.8 Å². The Labute approximate surface area is 886 Å². The maximum Gasteiger partial charge on any atom is 0.425 e. The first-order chi connectivity index (χ1) is 70.0. The summed E-state index contributed by atoms with van der Waals surface area (Å²) >= 11 is 11.4. The lowest BCUT2D eigenvalue weighted by Crippen LogP contribution is -2.30. The molecule has 0 atom stereocenters. The van der Waals surface area contributed by atoms with E-state index >= 15 is 0 Å². The van der Waals surface area contributed by atoms with Gasteiger partial charge in [-0.05, 0) is 380 Å². The van der Waals surface area contributed by atoms with E-state index in [0.717, 1.165) is 312 Å². The molecule has 19 rings (SSSR count). The fraction of sp³-hybridized carbons (Fsp3) is 0.486. The minimum Gasteiger partial charge on any atom is -0.507 e. The van der Waals surface area contributed by atoms with Crippen LogP contribution in [0.25, 0.3) is 31.3 Å². The van der Waals surface area contributed by atoms with Crippen molar-refractivity contribution in [3.8, 4) is 37.1 Å². The second-order valence-corrected chi connectivity index (χ2v) is 51.2. The number of carbonyl (C=O) groups excluding carboxylic acids is 8. The number of phenolic OH excluding ortho intramolecular Hbond substituents is 1. The lowest BCUT2D eigenvalue weighted by molar-refractivity contribution is -0.135. The van der Waals surface area contributed by atoms with E-state index in [1.165, 1.54) is 101 Å². The van der Waals surface area contributed by atoms with E-state index in [1.54, 1.807) is 61.8 Å². The number of hydrogen-bond donors (Lipinski definition) is 9. The van der Waals surface area contributed by atoms with Crippen molar-refractivity contribution in [2.45, 2.75) is 350 Å². The van der Waals surface area contributed by atoms with Gasteiger partial charge in [-0.3, -0.25) is 26.3 Å². The number of anilines is 4. The van der Waals surface area contributed by atoms with Crippen LogP contribution in [0.2, 0.25) is 0 Å². The molecule has 9 N–H and O–H groups in total. The number of amides is 8. The highest BCUT2D eigenvalue weighted by atomic mass is 32.1. The maximum atomic E-state index is 14.8. The number of aromatic hydroxyl groups is 1. The van der Waals surface area contributed by atoms with E-state index < -0.39 is 75.1 Å². The number of thiophene rings is 8. The highest BCUT2D eigenvalue weighted by Crippen LogP contribution is 2.51. The van der Waals surface area contributed by atoms with Crippen LogP contribution in [0.4, 0.5) is 65.5 Å². The molecule has 0 fully saturated rings. The average Bonchev–Trinajstić information content (AvgIpc) is 1.64. The first-order valence-electron chi connectivity index (χ1n) is 51.1. The van der Waals surface area contributed by atoms with E-state index in [1.807, 2.05) is 80.5 Å². The Morgan fingerprint density at radius 1 is 0.327 bits per heavy atom. The van der Waals surface area contributed by atoms with E-state index in [4.69, 9.17) is 18.9 Å². The molecule has 0 saturated carbocycles. The number of rotatable bonds is 19. The molecule has 786 valence electrons. The van der Waals surface area contributed by atoms with Crippen LogP contribution in [0.3, 0.4) is 0 Å². The SMILES string of the molecule is CC(C)(C)OC(=O)c1c(NC(=O)NCc2c(-c3cccc(F)c3F)sc3c2CCCC3)sc2c1CCCC2.CC(C)(C)OC(=O)c1c(NC(=O)NCc2c(-c3ccccc3O)sc3c2CCCC3)sc2c1CCCC2.CC(C)(C)OC(=O)c1c(NC(=O)NCc2c(-c3cncc(F)c3)sc3c2CCCC3)sc2c1CCCC2.CC(C)(C)OC(=O)c1c(NC(=O)NCc2c(C(F)(F)F)sc3c2CCCC3)sc2c1CCCCC2. The molecule has 147 heavy (non-hydrogen) atoms. The normalized spacial score (nSPS) is 15.3. The van der Waals surface area contributed by atoms with Crippen LogP contribution in [0.5, 0.6) is 5.75 Å². The zero-order valence-electron chi connectivity index (χ0n) is 85.3. The summed E-state index contributed by atoms with van der Waals surface area (Å²) in [7, 11) is 0. The van der Waals surface area contributed by atoms with Gasteiger partial charge >= 0.3 is 54.2 Å². The van der Waals surface area contributed by atoms with Crippen LogP contribution in [0.1, 0.15) is 344 Å². The molecule has 8 aliphatic rings. The summed E-state index contributed by atoms with van der Waals surface area (Å²) in [4.78, 5) is 120. The van der Waals surface area contributed by atoms with E-state index in [2.05, 4.69) is 47.5 Å². The van der Waals surface area contributed by atoms with Crippen molar-refractivity contribution in [2.24, 2.45) is 0 Å². The number of aryl methyl sites for hydroxylation is 8. The Hall–Kier alpha value is -10.5. The molecular formula is C111H129F6N9O13S8. The monoisotopic (exact) mass is 2170 g/mol. The molecule has 36 heteroatoms. The minimum atomic E-state index is -4.45. The number of nitrogens with one attached hydrogen (secondary N) is 8. The maximum absolute atomic E-state index is 14.8.